The van der Waals surface area contributed by atoms with Gasteiger partial charge >= 0.3 is 5.97 Å². The highest BCUT2D eigenvalue weighted by atomic mass is 16.5. The van der Waals surface area contributed by atoms with Gasteiger partial charge in [0, 0.05) is 29.7 Å². The molecule has 0 spiro atoms. The lowest BCUT2D eigenvalue weighted by Crippen LogP contribution is -2.10. The van der Waals surface area contributed by atoms with Crippen LogP contribution in [0.2, 0.25) is 0 Å². The highest BCUT2D eigenvalue weighted by Gasteiger charge is 2.21. The van der Waals surface area contributed by atoms with Gasteiger partial charge in [-0.15, -0.1) is 0 Å². The van der Waals surface area contributed by atoms with Gasteiger partial charge in [-0.3, -0.25) is 0 Å². The van der Waals surface area contributed by atoms with E-state index in [-0.39, 0.29) is 17.8 Å². The number of fused-ring (bicyclic) bond motifs is 1. The number of phenols is 1. The number of rotatable bonds is 7. The predicted octanol–water partition coefficient (Wildman–Crippen LogP) is 3.65. The van der Waals surface area contributed by atoms with E-state index in [1.165, 1.54) is 0 Å². The fraction of sp³-hybridized carbons (Fsp3) is 0.500. The van der Waals surface area contributed by atoms with E-state index in [1.807, 2.05) is 26.8 Å². The number of benzene rings is 1. The second-order valence-electron chi connectivity index (χ2n) is 5.81. The van der Waals surface area contributed by atoms with E-state index in [0.717, 1.165) is 29.6 Å². The van der Waals surface area contributed by atoms with E-state index in [1.54, 1.807) is 19.1 Å². The highest BCUT2D eigenvalue weighted by Crippen LogP contribution is 2.30. The number of nitrogens with zero attached hydrogens (tertiary/aromatic N) is 1. The smallest absolute Gasteiger partial charge is 0.340 e. The molecule has 2 rings (SSSR count). The molecular formula is C18H25NO4. The molecular weight excluding hydrogens is 294 g/mol. The summed E-state index contributed by atoms with van der Waals surface area (Å²) in [6.45, 7) is 9.46. The molecule has 1 aromatic carbocycles. The Kier molecular flexibility index (Phi) is 5.66. The predicted molar refractivity (Wildman–Crippen MR) is 90.0 cm³/mol. The van der Waals surface area contributed by atoms with E-state index in [9.17, 15) is 9.90 Å². The van der Waals surface area contributed by atoms with Gasteiger partial charge < -0.3 is 19.1 Å². The Hall–Kier alpha value is -2.01. The minimum Gasteiger partial charge on any atom is -0.508 e. The Morgan fingerprint density at radius 3 is 2.74 bits per heavy atom. The van der Waals surface area contributed by atoms with Gasteiger partial charge in [0.25, 0.3) is 0 Å². The van der Waals surface area contributed by atoms with Crippen molar-refractivity contribution >= 4 is 16.9 Å². The lowest BCUT2D eigenvalue weighted by Gasteiger charge is -2.11. The van der Waals surface area contributed by atoms with Crippen LogP contribution in [-0.2, 0) is 16.0 Å². The first-order chi connectivity index (χ1) is 11.0. The third-order valence-electron chi connectivity index (χ3n) is 3.76. The van der Waals surface area contributed by atoms with Gasteiger partial charge in [-0.05, 0) is 52.3 Å². The molecule has 0 aliphatic heterocycles. The summed E-state index contributed by atoms with van der Waals surface area (Å²) >= 11 is 0. The quantitative estimate of drug-likeness (QED) is 0.625. The zero-order valence-electron chi connectivity index (χ0n) is 14.3. The second-order valence-corrected chi connectivity index (χ2v) is 5.81. The average Bonchev–Trinajstić information content (AvgIpc) is 2.75. The number of hydrogen-bond donors (Lipinski definition) is 1. The monoisotopic (exact) mass is 319 g/mol. The third-order valence-corrected chi connectivity index (χ3v) is 3.76. The third kappa shape index (κ3) is 3.85. The van der Waals surface area contributed by atoms with E-state index in [4.69, 9.17) is 9.47 Å². The molecule has 5 nitrogen and oxygen atoms in total. The maximum Gasteiger partial charge on any atom is 0.340 e. The van der Waals surface area contributed by atoms with Gasteiger partial charge in [-0.2, -0.15) is 0 Å². The van der Waals surface area contributed by atoms with Gasteiger partial charge in [0.15, 0.2) is 0 Å². The molecule has 1 aromatic heterocycles. The number of hydrogen-bond acceptors (Lipinski definition) is 4. The minimum atomic E-state index is -0.349. The first-order valence-corrected chi connectivity index (χ1v) is 8.06. The normalized spacial score (nSPS) is 11.3. The number of ether oxygens (including phenoxy) is 2. The molecule has 0 aliphatic rings. The lowest BCUT2D eigenvalue weighted by atomic mass is 10.1. The zero-order chi connectivity index (χ0) is 17.0. The highest BCUT2D eigenvalue weighted by molar-refractivity contribution is 6.06. The molecule has 0 saturated heterocycles. The maximum absolute atomic E-state index is 12.3. The molecule has 0 bridgehead atoms. The number of aryl methyl sites for hydroxylation is 1. The average molecular weight is 319 g/mol. The van der Waals surface area contributed by atoms with Crippen LogP contribution in [0.5, 0.6) is 5.75 Å². The molecule has 126 valence electrons. The van der Waals surface area contributed by atoms with Crippen molar-refractivity contribution in [3.8, 4) is 5.75 Å². The van der Waals surface area contributed by atoms with Crippen molar-refractivity contribution in [2.24, 2.45) is 0 Å². The van der Waals surface area contributed by atoms with Gasteiger partial charge in [0.2, 0.25) is 0 Å². The Morgan fingerprint density at radius 1 is 1.35 bits per heavy atom. The number of phenolic OH excluding ortho intramolecular Hbond substituents is 1. The van der Waals surface area contributed by atoms with Crippen LogP contribution < -0.4 is 0 Å². The van der Waals surface area contributed by atoms with Crippen molar-refractivity contribution in [2.45, 2.75) is 46.8 Å². The van der Waals surface area contributed by atoms with Crippen LogP contribution in [-0.4, -0.2) is 35.0 Å². The van der Waals surface area contributed by atoms with Crippen molar-refractivity contribution in [3.63, 3.8) is 0 Å². The van der Waals surface area contributed by atoms with Gasteiger partial charge in [-0.1, -0.05) is 0 Å². The fourth-order valence-corrected chi connectivity index (χ4v) is 2.76. The topological polar surface area (TPSA) is 60.7 Å². The Bertz CT molecular complexity index is 688. The van der Waals surface area contributed by atoms with Crippen LogP contribution in [0.4, 0.5) is 0 Å². The van der Waals surface area contributed by atoms with Gasteiger partial charge in [-0.25, -0.2) is 4.79 Å². The summed E-state index contributed by atoms with van der Waals surface area (Å²) in [6, 6.07) is 5.09. The number of aromatic nitrogens is 1. The SMILES string of the molecule is CCOC(=O)c1c(C)n(CCCOC(C)C)c2ccc(O)cc12. The Labute approximate surface area is 136 Å². The summed E-state index contributed by atoms with van der Waals surface area (Å²) in [6.07, 6.45) is 1.07. The minimum absolute atomic E-state index is 0.142. The number of carbonyl (C=O) groups is 1. The van der Waals surface area contributed by atoms with Crippen LogP contribution in [0, 0.1) is 6.92 Å². The summed E-state index contributed by atoms with van der Waals surface area (Å²) in [5.74, 6) is -0.207. The molecule has 1 heterocycles. The first-order valence-electron chi connectivity index (χ1n) is 8.06. The molecule has 5 heteroatoms. The lowest BCUT2D eigenvalue weighted by molar-refractivity contribution is 0.0527. The molecule has 0 aliphatic carbocycles. The maximum atomic E-state index is 12.3. The largest absolute Gasteiger partial charge is 0.508 e. The molecule has 1 N–H and O–H groups in total. The molecule has 2 aromatic rings. The van der Waals surface area contributed by atoms with Crippen molar-refractivity contribution in [1.29, 1.82) is 0 Å². The van der Waals surface area contributed by atoms with Crippen LogP contribution in [0.3, 0.4) is 0 Å². The summed E-state index contributed by atoms with van der Waals surface area (Å²) < 4.78 is 12.8. The molecule has 0 fully saturated rings. The van der Waals surface area contributed by atoms with Crippen molar-refractivity contribution in [2.75, 3.05) is 13.2 Å². The molecule has 0 unspecified atom stereocenters. The fourth-order valence-electron chi connectivity index (χ4n) is 2.76. The Balaban J connectivity index is 2.36. The number of aromatic hydroxyl groups is 1. The molecule has 0 radical (unpaired) electrons. The van der Waals surface area contributed by atoms with Crippen LogP contribution in [0.25, 0.3) is 10.9 Å². The van der Waals surface area contributed by atoms with Crippen LogP contribution in [0.15, 0.2) is 18.2 Å². The summed E-state index contributed by atoms with van der Waals surface area (Å²) in [4.78, 5) is 12.3. The van der Waals surface area contributed by atoms with E-state index in [2.05, 4.69) is 4.57 Å². The summed E-state index contributed by atoms with van der Waals surface area (Å²) in [7, 11) is 0. The van der Waals surface area contributed by atoms with Crippen LogP contribution in [0.1, 0.15) is 43.2 Å². The number of carbonyl (C=O) groups excluding carboxylic acids is 1. The summed E-state index contributed by atoms with van der Waals surface area (Å²) in [5, 5.41) is 10.5. The van der Waals surface area contributed by atoms with Crippen molar-refractivity contribution in [3.05, 3.63) is 29.5 Å². The molecule has 0 atom stereocenters. The standard InChI is InChI=1S/C18H25NO4/c1-5-22-18(21)17-13(4)19(9-6-10-23-12(2)3)16-8-7-14(20)11-15(16)17/h7-8,11-12,20H,5-6,9-10H2,1-4H3. The molecule has 23 heavy (non-hydrogen) atoms. The summed E-state index contributed by atoms with van der Waals surface area (Å²) in [5.41, 5.74) is 2.31. The molecule has 0 amide bonds. The second kappa shape index (κ2) is 7.51. The zero-order valence-corrected chi connectivity index (χ0v) is 14.3. The Morgan fingerprint density at radius 2 is 2.09 bits per heavy atom. The van der Waals surface area contributed by atoms with Gasteiger partial charge in [0.05, 0.1) is 18.3 Å². The van der Waals surface area contributed by atoms with Crippen LogP contribution >= 0.6 is 0 Å². The first kappa shape index (κ1) is 17.3. The van der Waals surface area contributed by atoms with E-state index < -0.39 is 0 Å². The van der Waals surface area contributed by atoms with Crippen molar-refractivity contribution < 1.29 is 19.4 Å². The number of esters is 1. The molecule has 0 saturated carbocycles. The van der Waals surface area contributed by atoms with E-state index >= 15 is 0 Å². The van der Waals surface area contributed by atoms with Gasteiger partial charge in [0.1, 0.15) is 5.75 Å². The van der Waals surface area contributed by atoms with Crippen molar-refractivity contribution in [1.82, 2.24) is 4.57 Å². The van der Waals surface area contributed by atoms with E-state index in [0.29, 0.717) is 18.8 Å².